The van der Waals surface area contributed by atoms with Crippen molar-refractivity contribution in [3.63, 3.8) is 0 Å². The van der Waals surface area contributed by atoms with E-state index < -0.39 is 0 Å². The molecule has 4 rings (SSSR count). The molecule has 0 aromatic heterocycles. The molecule has 2 aliphatic heterocycles. The molecular weight excluding hydrogens is 410 g/mol. The summed E-state index contributed by atoms with van der Waals surface area (Å²) in [6.07, 6.45) is 5.27. The number of rotatable bonds is 8. The summed E-state index contributed by atoms with van der Waals surface area (Å²) in [5.41, 5.74) is 1.09. The number of carbonyl (C=O) groups excluding carboxylic acids is 3. The van der Waals surface area contributed by atoms with Crippen molar-refractivity contribution in [2.75, 3.05) is 46.5 Å². The molecule has 1 aliphatic carbocycles. The zero-order valence-corrected chi connectivity index (χ0v) is 18.5. The second-order valence-corrected chi connectivity index (χ2v) is 8.48. The van der Waals surface area contributed by atoms with Crippen LogP contribution in [0.1, 0.15) is 30.9 Å². The highest BCUT2D eigenvalue weighted by Crippen LogP contribution is 2.35. The number of amides is 3. The molecule has 3 amide bonds. The molecule has 8 nitrogen and oxygen atoms in total. The fourth-order valence-electron chi connectivity index (χ4n) is 4.77. The van der Waals surface area contributed by atoms with E-state index in [0.29, 0.717) is 32.6 Å². The Labute approximate surface area is 188 Å². The fraction of sp³-hybridized carbons (Fsp3) is 0.542. The smallest absolute Gasteiger partial charge is 0.233 e. The van der Waals surface area contributed by atoms with E-state index >= 15 is 0 Å². The zero-order chi connectivity index (χ0) is 22.5. The number of fused-ring (bicyclic) bond motifs is 1. The Hall–Kier alpha value is -2.71. The molecule has 0 unspecified atom stereocenters. The van der Waals surface area contributed by atoms with Gasteiger partial charge in [-0.25, -0.2) is 0 Å². The van der Waals surface area contributed by atoms with E-state index in [-0.39, 0.29) is 48.6 Å². The lowest BCUT2D eigenvalue weighted by molar-refractivity contribution is -0.140. The molecule has 0 saturated carbocycles. The summed E-state index contributed by atoms with van der Waals surface area (Å²) in [7, 11) is 1.63. The lowest BCUT2D eigenvalue weighted by Gasteiger charge is -2.35. The van der Waals surface area contributed by atoms with Gasteiger partial charge in [-0.05, 0) is 30.5 Å². The first kappa shape index (κ1) is 22.5. The SMILES string of the molecule is COc1ccc([C@@H](CNC(=O)CCN2C(=O)[C@H]3CC=CC[C@H]3C2=O)N2CCOCC2)cc1. The number of carbonyl (C=O) groups is 3. The van der Waals surface area contributed by atoms with Gasteiger partial charge < -0.3 is 14.8 Å². The molecular formula is C24H31N3O5. The quantitative estimate of drug-likeness (QED) is 0.486. The van der Waals surface area contributed by atoms with Gasteiger partial charge in [-0.3, -0.25) is 24.2 Å². The largest absolute Gasteiger partial charge is 0.497 e. The van der Waals surface area contributed by atoms with Crippen molar-refractivity contribution >= 4 is 17.7 Å². The Morgan fingerprint density at radius 2 is 1.72 bits per heavy atom. The Morgan fingerprint density at radius 3 is 2.31 bits per heavy atom. The zero-order valence-electron chi connectivity index (χ0n) is 18.5. The van der Waals surface area contributed by atoms with E-state index in [1.165, 1.54) is 4.90 Å². The van der Waals surface area contributed by atoms with E-state index in [0.717, 1.165) is 24.4 Å². The summed E-state index contributed by atoms with van der Waals surface area (Å²) in [4.78, 5) is 41.4. The van der Waals surface area contributed by atoms with Crippen LogP contribution >= 0.6 is 0 Å². The number of morpholine rings is 1. The topological polar surface area (TPSA) is 88.2 Å². The first-order valence-corrected chi connectivity index (χ1v) is 11.3. The predicted molar refractivity (Wildman–Crippen MR) is 118 cm³/mol. The second kappa shape index (κ2) is 10.3. The first-order valence-electron chi connectivity index (χ1n) is 11.3. The molecule has 1 aromatic carbocycles. The number of nitrogens with zero attached hydrogens (tertiary/aromatic N) is 2. The fourth-order valence-corrected chi connectivity index (χ4v) is 4.77. The van der Waals surface area contributed by atoms with Gasteiger partial charge in [0.2, 0.25) is 17.7 Å². The van der Waals surface area contributed by atoms with Crippen LogP contribution in [0, 0.1) is 11.8 Å². The van der Waals surface area contributed by atoms with Crippen LogP contribution in [0.3, 0.4) is 0 Å². The van der Waals surface area contributed by atoms with E-state index in [9.17, 15) is 14.4 Å². The maximum Gasteiger partial charge on any atom is 0.233 e. The Balaban J connectivity index is 1.33. The van der Waals surface area contributed by atoms with Crippen LogP contribution in [0.15, 0.2) is 36.4 Å². The maximum atomic E-state index is 12.6. The Bertz CT molecular complexity index is 837. The van der Waals surface area contributed by atoms with Crippen molar-refractivity contribution in [2.24, 2.45) is 11.8 Å². The molecule has 2 saturated heterocycles. The van der Waals surface area contributed by atoms with E-state index in [2.05, 4.69) is 10.2 Å². The standard InChI is InChI=1S/C24H31N3O5/c1-31-18-8-6-17(7-9-18)21(26-12-14-32-15-13-26)16-25-22(28)10-11-27-23(29)19-4-2-3-5-20(19)24(27)30/h2-3,6-9,19-21H,4-5,10-16H2,1H3,(H,25,28)/t19-,20+,21-/m1/s1. The number of hydrogen-bond donors (Lipinski definition) is 1. The van der Waals surface area contributed by atoms with Gasteiger partial charge in [0.1, 0.15) is 5.75 Å². The number of hydrogen-bond acceptors (Lipinski definition) is 6. The predicted octanol–water partition coefficient (Wildman–Crippen LogP) is 1.53. The van der Waals surface area contributed by atoms with Gasteiger partial charge >= 0.3 is 0 Å². The normalized spacial score (nSPS) is 24.3. The second-order valence-electron chi connectivity index (χ2n) is 8.48. The lowest BCUT2D eigenvalue weighted by Crippen LogP contribution is -2.44. The Kier molecular flexibility index (Phi) is 7.22. The van der Waals surface area contributed by atoms with Crippen LogP contribution in [0.25, 0.3) is 0 Å². The number of likely N-dealkylation sites (tertiary alicyclic amines) is 1. The van der Waals surface area contributed by atoms with Crippen LogP contribution in [0.5, 0.6) is 5.75 Å². The lowest BCUT2D eigenvalue weighted by atomic mass is 9.85. The first-order chi connectivity index (χ1) is 15.6. The summed E-state index contributed by atoms with van der Waals surface area (Å²) in [6.45, 7) is 3.50. The molecule has 3 aliphatic rings. The number of ether oxygens (including phenoxy) is 2. The molecule has 3 atom stereocenters. The molecule has 0 bridgehead atoms. The minimum Gasteiger partial charge on any atom is -0.497 e. The third-order valence-corrected chi connectivity index (χ3v) is 6.64. The molecule has 8 heteroatoms. The minimum absolute atomic E-state index is 0.0118. The van der Waals surface area contributed by atoms with Gasteiger partial charge in [0.25, 0.3) is 0 Å². The summed E-state index contributed by atoms with van der Waals surface area (Å²) in [5.74, 6) is -0.157. The van der Waals surface area contributed by atoms with Gasteiger partial charge in [0.15, 0.2) is 0 Å². The van der Waals surface area contributed by atoms with Gasteiger partial charge in [0, 0.05) is 32.6 Å². The van der Waals surface area contributed by atoms with Crippen molar-refractivity contribution in [3.05, 3.63) is 42.0 Å². The van der Waals surface area contributed by atoms with Crippen molar-refractivity contribution in [1.29, 1.82) is 0 Å². The molecule has 0 radical (unpaired) electrons. The van der Waals surface area contributed by atoms with Crippen molar-refractivity contribution in [2.45, 2.75) is 25.3 Å². The summed E-state index contributed by atoms with van der Waals surface area (Å²) in [5, 5.41) is 3.01. The van der Waals surface area contributed by atoms with Crippen LogP contribution < -0.4 is 10.1 Å². The van der Waals surface area contributed by atoms with Gasteiger partial charge in [-0.1, -0.05) is 24.3 Å². The van der Waals surface area contributed by atoms with Crippen LogP contribution in [-0.2, 0) is 19.1 Å². The highest BCUT2D eigenvalue weighted by Gasteiger charge is 2.46. The van der Waals surface area contributed by atoms with E-state index in [1.54, 1.807) is 7.11 Å². The minimum atomic E-state index is -0.253. The van der Waals surface area contributed by atoms with Crippen molar-refractivity contribution < 1.29 is 23.9 Å². The van der Waals surface area contributed by atoms with Gasteiger partial charge in [0.05, 0.1) is 38.2 Å². The summed E-state index contributed by atoms with van der Waals surface area (Å²) < 4.78 is 10.7. The van der Waals surface area contributed by atoms with Gasteiger partial charge in [-0.2, -0.15) is 0 Å². The third-order valence-electron chi connectivity index (χ3n) is 6.64. The average Bonchev–Trinajstić information content (AvgIpc) is 3.08. The number of methoxy groups -OCH3 is 1. The number of imide groups is 1. The molecule has 0 spiro atoms. The molecule has 1 N–H and O–H groups in total. The van der Waals surface area contributed by atoms with E-state index in [4.69, 9.17) is 9.47 Å². The van der Waals surface area contributed by atoms with Crippen molar-refractivity contribution in [1.82, 2.24) is 15.1 Å². The molecule has 2 fully saturated rings. The highest BCUT2D eigenvalue weighted by molar-refractivity contribution is 6.05. The van der Waals surface area contributed by atoms with Crippen LogP contribution in [0.4, 0.5) is 0 Å². The molecule has 32 heavy (non-hydrogen) atoms. The maximum absolute atomic E-state index is 12.6. The van der Waals surface area contributed by atoms with Crippen molar-refractivity contribution in [3.8, 4) is 5.75 Å². The Morgan fingerprint density at radius 1 is 1.09 bits per heavy atom. The van der Waals surface area contributed by atoms with Crippen LogP contribution in [0.2, 0.25) is 0 Å². The summed E-state index contributed by atoms with van der Waals surface area (Å²) in [6, 6.07) is 7.88. The molecule has 172 valence electrons. The van der Waals surface area contributed by atoms with E-state index in [1.807, 2.05) is 36.4 Å². The molecule has 1 aromatic rings. The summed E-state index contributed by atoms with van der Waals surface area (Å²) >= 11 is 0. The highest BCUT2D eigenvalue weighted by atomic mass is 16.5. The van der Waals surface area contributed by atoms with Gasteiger partial charge in [-0.15, -0.1) is 0 Å². The monoisotopic (exact) mass is 441 g/mol. The average molecular weight is 442 g/mol. The third kappa shape index (κ3) is 4.86. The molecule has 2 heterocycles. The number of benzene rings is 1. The van der Waals surface area contributed by atoms with Crippen LogP contribution in [-0.4, -0.2) is 74.0 Å². The number of nitrogens with one attached hydrogen (secondary N) is 1. The number of allylic oxidation sites excluding steroid dienone is 2.